The van der Waals surface area contributed by atoms with Gasteiger partial charge in [-0.3, -0.25) is 4.79 Å². The third-order valence-electron chi connectivity index (χ3n) is 4.81. The Morgan fingerprint density at radius 3 is 2.69 bits per heavy atom. The van der Waals surface area contributed by atoms with Crippen molar-refractivity contribution >= 4 is 11.7 Å². The summed E-state index contributed by atoms with van der Waals surface area (Å²) < 4.78 is 58.3. The van der Waals surface area contributed by atoms with Crippen molar-refractivity contribution in [3.05, 3.63) is 18.1 Å². The number of nitrogens with zero attached hydrogens (tertiary/aromatic N) is 3. The Bertz CT molecular complexity index is 641. The molecule has 1 unspecified atom stereocenters. The van der Waals surface area contributed by atoms with Crippen molar-refractivity contribution in [2.45, 2.75) is 31.1 Å². The van der Waals surface area contributed by atoms with Crippen LogP contribution >= 0.6 is 0 Å². The van der Waals surface area contributed by atoms with Crippen LogP contribution in [0.5, 0.6) is 0 Å². The molecular formula is C16H20F4N4O2. The Kier molecular flexibility index (Phi) is 5.31. The number of carbonyl (C=O) groups is 1. The SMILES string of the molecule is O=C(NCC1(F)CCN(c2cc(C(F)(F)F)ncn2)CC1)C1CCOC1. The molecule has 6 nitrogen and oxygen atoms in total. The summed E-state index contributed by atoms with van der Waals surface area (Å²) in [6.45, 7) is 1.22. The van der Waals surface area contributed by atoms with Crippen molar-refractivity contribution in [2.24, 2.45) is 5.92 Å². The third-order valence-corrected chi connectivity index (χ3v) is 4.81. The van der Waals surface area contributed by atoms with Crippen LogP contribution in [-0.4, -0.2) is 54.4 Å². The first-order chi connectivity index (χ1) is 12.3. The summed E-state index contributed by atoms with van der Waals surface area (Å²) in [7, 11) is 0. The predicted molar refractivity (Wildman–Crippen MR) is 84.3 cm³/mol. The molecule has 0 spiro atoms. The van der Waals surface area contributed by atoms with E-state index in [4.69, 9.17) is 4.74 Å². The van der Waals surface area contributed by atoms with E-state index in [1.807, 2.05) is 0 Å². The van der Waals surface area contributed by atoms with Gasteiger partial charge in [-0.2, -0.15) is 13.2 Å². The standard InChI is InChI=1S/C16H20F4N4O2/c17-15(9-21-14(25)11-1-6-26-8-11)2-4-24(5-3-15)13-7-12(16(18,19)20)22-10-23-13/h7,10-11H,1-6,8-9H2,(H,21,25). The summed E-state index contributed by atoms with van der Waals surface area (Å²) in [5.74, 6) is -0.324. The molecule has 3 heterocycles. The van der Waals surface area contributed by atoms with Crippen LogP contribution in [-0.2, 0) is 15.7 Å². The maximum atomic E-state index is 14.9. The highest BCUT2D eigenvalue weighted by Gasteiger charge is 2.37. The minimum absolute atomic E-state index is 0.0970. The summed E-state index contributed by atoms with van der Waals surface area (Å²) in [5, 5.41) is 2.63. The number of hydrogen-bond acceptors (Lipinski definition) is 5. The largest absolute Gasteiger partial charge is 0.433 e. The lowest BCUT2D eigenvalue weighted by atomic mass is 9.93. The van der Waals surface area contributed by atoms with Crippen molar-refractivity contribution in [1.82, 2.24) is 15.3 Å². The summed E-state index contributed by atoms with van der Waals surface area (Å²) in [5.41, 5.74) is -2.60. The molecule has 1 amide bonds. The first-order valence-corrected chi connectivity index (χ1v) is 8.45. The van der Waals surface area contributed by atoms with Crippen LogP contribution in [0.1, 0.15) is 25.0 Å². The van der Waals surface area contributed by atoms with Crippen LogP contribution in [0.4, 0.5) is 23.4 Å². The number of anilines is 1. The quantitative estimate of drug-likeness (QED) is 0.814. The fourth-order valence-corrected chi connectivity index (χ4v) is 3.12. The number of hydrogen-bond donors (Lipinski definition) is 1. The summed E-state index contributed by atoms with van der Waals surface area (Å²) >= 11 is 0. The highest BCUT2D eigenvalue weighted by Crippen LogP contribution is 2.32. The molecule has 0 aromatic carbocycles. The fraction of sp³-hybridized carbons (Fsp3) is 0.688. The molecule has 26 heavy (non-hydrogen) atoms. The lowest BCUT2D eigenvalue weighted by Crippen LogP contribution is -2.49. The van der Waals surface area contributed by atoms with E-state index in [0.29, 0.717) is 19.6 Å². The number of rotatable bonds is 4. The smallest absolute Gasteiger partial charge is 0.381 e. The summed E-state index contributed by atoms with van der Waals surface area (Å²) in [6.07, 6.45) is -2.86. The Balaban J connectivity index is 1.54. The lowest BCUT2D eigenvalue weighted by molar-refractivity contribution is -0.141. The molecule has 0 saturated carbocycles. The predicted octanol–water partition coefficient (Wildman–Crippen LogP) is 1.96. The molecule has 144 valence electrons. The number of carbonyl (C=O) groups excluding carboxylic acids is 1. The van der Waals surface area contributed by atoms with Gasteiger partial charge in [-0.15, -0.1) is 0 Å². The molecule has 10 heteroatoms. The van der Waals surface area contributed by atoms with E-state index in [2.05, 4.69) is 15.3 Å². The number of alkyl halides is 4. The van der Waals surface area contributed by atoms with Crippen molar-refractivity contribution in [3.8, 4) is 0 Å². The number of nitrogens with one attached hydrogen (secondary N) is 1. The number of halogens is 4. The van der Waals surface area contributed by atoms with Crippen LogP contribution < -0.4 is 10.2 Å². The fourth-order valence-electron chi connectivity index (χ4n) is 3.12. The maximum absolute atomic E-state index is 14.9. The Labute approximate surface area is 147 Å². The first kappa shape index (κ1) is 18.8. The molecule has 1 N–H and O–H groups in total. The van der Waals surface area contributed by atoms with E-state index in [0.717, 1.165) is 12.4 Å². The zero-order chi connectivity index (χ0) is 18.8. The maximum Gasteiger partial charge on any atom is 0.433 e. The first-order valence-electron chi connectivity index (χ1n) is 8.45. The Hall–Kier alpha value is -1.97. The van der Waals surface area contributed by atoms with E-state index < -0.39 is 17.5 Å². The van der Waals surface area contributed by atoms with Crippen molar-refractivity contribution in [3.63, 3.8) is 0 Å². The molecule has 1 aromatic rings. The zero-order valence-corrected chi connectivity index (χ0v) is 14.1. The van der Waals surface area contributed by atoms with E-state index in [1.54, 1.807) is 4.90 Å². The van der Waals surface area contributed by atoms with Gasteiger partial charge in [-0.05, 0) is 6.42 Å². The normalized spacial score (nSPS) is 23.1. The van der Waals surface area contributed by atoms with E-state index in [1.165, 1.54) is 0 Å². The van der Waals surface area contributed by atoms with Gasteiger partial charge in [0.2, 0.25) is 5.91 Å². The topological polar surface area (TPSA) is 67.4 Å². The van der Waals surface area contributed by atoms with Gasteiger partial charge in [0.05, 0.1) is 19.1 Å². The molecular weight excluding hydrogens is 356 g/mol. The molecule has 2 aliphatic heterocycles. The van der Waals surface area contributed by atoms with Gasteiger partial charge >= 0.3 is 6.18 Å². The van der Waals surface area contributed by atoms with E-state index >= 15 is 0 Å². The molecule has 2 aliphatic rings. The van der Waals surface area contributed by atoms with Crippen LogP contribution in [0.2, 0.25) is 0 Å². The minimum Gasteiger partial charge on any atom is -0.381 e. The molecule has 2 saturated heterocycles. The molecule has 3 rings (SSSR count). The Morgan fingerprint density at radius 1 is 1.35 bits per heavy atom. The second-order valence-electron chi connectivity index (χ2n) is 6.68. The van der Waals surface area contributed by atoms with Crippen molar-refractivity contribution in [1.29, 1.82) is 0 Å². The van der Waals surface area contributed by atoms with E-state index in [9.17, 15) is 22.4 Å². The summed E-state index contributed by atoms with van der Waals surface area (Å²) in [6, 6.07) is 0.868. The van der Waals surface area contributed by atoms with Crippen LogP contribution in [0, 0.1) is 5.92 Å². The lowest BCUT2D eigenvalue weighted by Gasteiger charge is -2.37. The molecule has 1 aromatic heterocycles. The van der Waals surface area contributed by atoms with E-state index in [-0.39, 0.29) is 50.1 Å². The van der Waals surface area contributed by atoms with Crippen LogP contribution in [0.25, 0.3) is 0 Å². The van der Waals surface area contributed by atoms with Gasteiger partial charge in [-0.25, -0.2) is 14.4 Å². The third kappa shape index (κ3) is 4.40. The molecule has 0 aliphatic carbocycles. The molecule has 2 fully saturated rings. The average molecular weight is 376 g/mol. The van der Waals surface area contributed by atoms with Gasteiger partial charge in [0.25, 0.3) is 0 Å². The van der Waals surface area contributed by atoms with Crippen LogP contribution in [0.15, 0.2) is 12.4 Å². The van der Waals surface area contributed by atoms with Gasteiger partial charge in [0, 0.05) is 38.6 Å². The van der Waals surface area contributed by atoms with Crippen molar-refractivity contribution in [2.75, 3.05) is 37.7 Å². The van der Waals surface area contributed by atoms with Gasteiger partial charge in [0.1, 0.15) is 23.5 Å². The number of piperidine rings is 1. The van der Waals surface area contributed by atoms with Crippen LogP contribution in [0.3, 0.4) is 0 Å². The average Bonchev–Trinajstić information content (AvgIpc) is 3.15. The highest BCUT2D eigenvalue weighted by atomic mass is 19.4. The van der Waals surface area contributed by atoms with Crippen molar-refractivity contribution < 1.29 is 27.1 Å². The minimum atomic E-state index is -4.55. The monoisotopic (exact) mass is 376 g/mol. The van der Waals surface area contributed by atoms with Gasteiger partial charge in [0.15, 0.2) is 0 Å². The second-order valence-corrected chi connectivity index (χ2v) is 6.68. The molecule has 0 bridgehead atoms. The molecule has 1 atom stereocenters. The zero-order valence-electron chi connectivity index (χ0n) is 14.1. The number of ether oxygens (including phenoxy) is 1. The van der Waals surface area contributed by atoms with Gasteiger partial charge < -0.3 is 15.0 Å². The number of amides is 1. The Morgan fingerprint density at radius 2 is 2.08 bits per heavy atom. The molecule has 0 radical (unpaired) electrons. The van der Waals surface area contributed by atoms with Gasteiger partial charge in [-0.1, -0.05) is 0 Å². The summed E-state index contributed by atoms with van der Waals surface area (Å²) in [4.78, 5) is 20.6. The number of aromatic nitrogens is 2. The highest BCUT2D eigenvalue weighted by molar-refractivity contribution is 5.79. The second kappa shape index (κ2) is 7.34.